The molecule has 0 N–H and O–H groups in total. The molecule has 0 bridgehead atoms. The SMILES string of the molecule is COS(=O)(=O)C(C)c1ccc(C(F)(F)F)nc1. The zero-order valence-corrected chi connectivity index (χ0v) is 9.84. The van der Waals surface area contributed by atoms with Crippen molar-refractivity contribution >= 4 is 10.1 Å². The van der Waals surface area contributed by atoms with Crippen LogP contribution in [0.1, 0.15) is 23.4 Å². The summed E-state index contributed by atoms with van der Waals surface area (Å²) in [6, 6.07) is 1.80. The van der Waals surface area contributed by atoms with Crippen LogP contribution in [0.3, 0.4) is 0 Å². The molecule has 0 spiro atoms. The Balaban J connectivity index is 3.04. The van der Waals surface area contributed by atoms with Gasteiger partial charge in [0.25, 0.3) is 10.1 Å². The maximum atomic E-state index is 12.2. The van der Waals surface area contributed by atoms with E-state index in [-0.39, 0.29) is 5.56 Å². The van der Waals surface area contributed by atoms with E-state index >= 15 is 0 Å². The molecule has 0 amide bonds. The van der Waals surface area contributed by atoms with Crippen LogP contribution in [0.5, 0.6) is 0 Å². The molecule has 8 heteroatoms. The first-order valence-corrected chi connectivity index (χ1v) is 5.98. The quantitative estimate of drug-likeness (QED) is 0.789. The summed E-state index contributed by atoms with van der Waals surface area (Å²) in [5.41, 5.74) is -0.928. The molecule has 0 saturated carbocycles. The Labute approximate surface area is 96.6 Å². The van der Waals surface area contributed by atoms with Gasteiger partial charge in [0.2, 0.25) is 0 Å². The van der Waals surface area contributed by atoms with Crippen molar-refractivity contribution in [2.75, 3.05) is 7.11 Å². The van der Waals surface area contributed by atoms with Crippen molar-refractivity contribution in [2.45, 2.75) is 18.3 Å². The number of rotatable bonds is 3. The first-order valence-electron chi connectivity index (χ1n) is 4.51. The minimum atomic E-state index is -4.54. The number of pyridine rings is 1. The van der Waals surface area contributed by atoms with Crippen molar-refractivity contribution in [1.82, 2.24) is 4.98 Å². The van der Waals surface area contributed by atoms with Crippen molar-refractivity contribution in [3.8, 4) is 0 Å². The predicted molar refractivity (Wildman–Crippen MR) is 53.6 cm³/mol. The molecule has 1 aromatic rings. The number of aromatic nitrogens is 1. The molecule has 0 aliphatic heterocycles. The van der Waals surface area contributed by atoms with Crippen LogP contribution in [-0.2, 0) is 20.5 Å². The van der Waals surface area contributed by atoms with Gasteiger partial charge in [-0.3, -0.25) is 9.17 Å². The minimum absolute atomic E-state index is 0.139. The van der Waals surface area contributed by atoms with Crippen molar-refractivity contribution in [3.05, 3.63) is 29.6 Å². The lowest BCUT2D eigenvalue weighted by atomic mass is 10.2. The predicted octanol–water partition coefficient (Wildman–Crippen LogP) is 2.14. The van der Waals surface area contributed by atoms with Crippen LogP contribution in [0.4, 0.5) is 13.2 Å². The molecule has 96 valence electrons. The van der Waals surface area contributed by atoms with Gasteiger partial charge in [-0.1, -0.05) is 6.07 Å². The van der Waals surface area contributed by atoms with Crippen LogP contribution >= 0.6 is 0 Å². The molecule has 17 heavy (non-hydrogen) atoms. The smallest absolute Gasteiger partial charge is 0.273 e. The lowest BCUT2D eigenvalue weighted by Gasteiger charge is -2.12. The molecule has 4 nitrogen and oxygen atoms in total. The van der Waals surface area contributed by atoms with Gasteiger partial charge in [-0.05, 0) is 18.6 Å². The van der Waals surface area contributed by atoms with Crippen LogP contribution < -0.4 is 0 Å². The molecule has 0 fully saturated rings. The largest absolute Gasteiger partial charge is 0.433 e. The maximum absolute atomic E-state index is 12.2. The fourth-order valence-electron chi connectivity index (χ4n) is 1.12. The number of nitrogens with zero attached hydrogens (tertiary/aromatic N) is 1. The topological polar surface area (TPSA) is 56.3 Å². The molecule has 0 aliphatic carbocycles. The molecule has 1 heterocycles. The first-order chi connectivity index (χ1) is 7.68. The second-order valence-corrected chi connectivity index (χ2v) is 5.30. The third-order valence-electron chi connectivity index (χ3n) is 2.21. The van der Waals surface area contributed by atoms with E-state index in [1.54, 1.807) is 0 Å². The minimum Gasteiger partial charge on any atom is -0.273 e. The van der Waals surface area contributed by atoms with Crippen molar-refractivity contribution < 1.29 is 25.8 Å². The summed E-state index contributed by atoms with van der Waals surface area (Å²) in [5.74, 6) is 0. The second-order valence-electron chi connectivity index (χ2n) is 3.28. The van der Waals surface area contributed by atoms with E-state index in [0.29, 0.717) is 0 Å². The monoisotopic (exact) mass is 269 g/mol. The van der Waals surface area contributed by atoms with Crippen molar-refractivity contribution in [2.24, 2.45) is 0 Å². The van der Waals surface area contributed by atoms with Gasteiger partial charge in [0.1, 0.15) is 10.9 Å². The molecule has 1 aromatic heterocycles. The molecule has 0 aliphatic rings. The van der Waals surface area contributed by atoms with Gasteiger partial charge in [0.05, 0.1) is 7.11 Å². The zero-order valence-electron chi connectivity index (χ0n) is 9.02. The number of hydrogen-bond donors (Lipinski definition) is 0. The van der Waals surface area contributed by atoms with Crippen LogP contribution in [0.25, 0.3) is 0 Å². The normalized spacial score (nSPS) is 14.6. The molecule has 1 rings (SSSR count). The third-order valence-corrected chi connectivity index (χ3v) is 3.81. The molecule has 1 atom stereocenters. The summed E-state index contributed by atoms with van der Waals surface area (Å²) in [4.78, 5) is 3.17. The van der Waals surface area contributed by atoms with Crippen molar-refractivity contribution in [3.63, 3.8) is 0 Å². The highest BCUT2D eigenvalue weighted by molar-refractivity contribution is 7.86. The Morgan fingerprint density at radius 2 is 1.94 bits per heavy atom. The van der Waals surface area contributed by atoms with Gasteiger partial charge in [0, 0.05) is 6.20 Å². The average Bonchev–Trinajstić information content (AvgIpc) is 2.27. The van der Waals surface area contributed by atoms with Crippen LogP contribution in [0.15, 0.2) is 18.3 Å². The van der Waals surface area contributed by atoms with E-state index in [0.717, 1.165) is 25.4 Å². The molecular weight excluding hydrogens is 259 g/mol. The summed E-state index contributed by atoms with van der Waals surface area (Å²) in [5, 5.41) is -1.07. The van der Waals surface area contributed by atoms with Gasteiger partial charge in [-0.25, -0.2) is 0 Å². The third kappa shape index (κ3) is 3.16. The Hall–Kier alpha value is -1.15. The van der Waals surface area contributed by atoms with E-state index in [1.165, 1.54) is 6.92 Å². The zero-order chi connectivity index (χ0) is 13.3. The van der Waals surface area contributed by atoms with Crippen LogP contribution in [-0.4, -0.2) is 20.5 Å². The first kappa shape index (κ1) is 13.9. The summed E-state index contributed by atoms with van der Waals surface area (Å²) in [6.45, 7) is 1.31. The fraction of sp³-hybridized carbons (Fsp3) is 0.444. The van der Waals surface area contributed by atoms with Crippen molar-refractivity contribution in [1.29, 1.82) is 0 Å². The fourth-order valence-corrected chi connectivity index (χ4v) is 1.89. The highest BCUT2D eigenvalue weighted by atomic mass is 32.2. The molecule has 0 saturated heterocycles. The van der Waals surface area contributed by atoms with Crippen LogP contribution in [0.2, 0.25) is 0 Å². The van der Waals surface area contributed by atoms with Gasteiger partial charge in [0.15, 0.2) is 0 Å². The Morgan fingerprint density at radius 1 is 1.35 bits per heavy atom. The van der Waals surface area contributed by atoms with E-state index in [9.17, 15) is 21.6 Å². The van der Waals surface area contributed by atoms with Gasteiger partial charge < -0.3 is 0 Å². The summed E-state index contributed by atoms with van der Waals surface area (Å²) >= 11 is 0. The summed E-state index contributed by atoms with van der Waals surface area (Å²) < 4.78 is 63.5. The van der Waals surface area contributed by atoms with E-state index < -0.39 is 27.2 Å². The lowest BCUT2D eigenvalue weighted by Crippen LogP contribution is -2.13. The van der Waals surface area contributed by atoms with Crippen LogP contribution in [0, 0.1) is 0 Å². The number of halogens is 3. The Morgan fingerprint density at radius 3 is 2.29 bits per heavy atom. The average molecular weight is 269 g/mol. The molecule has 0 aromatic carbocycles. The van der Waals surface area contributed by atoms with Gasteiger partial charge >= 0.3 is 6.18 Å². The standard InChI is InChI=1S/C9H10F3NO3S/c1-6(17(14,15)16-2)7-3-4-8(13-5-7)9(10,11)12/h3-6H,1-2H3. The van der Waals surface area contributed by atoms with Gasteiger partial charge in [-0.2, -0.15) is 21.6 Å². The summed E-state index contributed by atoms with van der Waals surface area (Å²) in [6.07, 6.45) is -3.66. The number of alkyl halides is 3. The van der Waals surface area contributed by atoms with Gasteiger partial charge in [-0.15, -0.1) is 0 Å². The Bertz CT molecular complexity index is 481. The van der Waals surface area contributed by atoms with E-state index in [1.807, 2.05) is 0 Å². The molecular formula is C9H10F3NO3S. The maximum Gasteiger partial charge on any atom is 0.433 e. The summed E-state index contributed by atoms with van der Waals surface area (Å²) in [7, 11) is -2.83. The van der Waals surface area contributed by atoms with E-state index in [2.05, 4.69) is 9.17 Å². The molecule has 1 unspecified atom stereocenters. The second kappa shape index (κ2) is 4.61. The highest BCUT2D eigenvalue weighted by Crippen LogP contribution is 2.29. The number of hydrogen-bond acceptors (Lipinski definition) is 4. The molecule has 0 radical (unpaired) electrons. The van der Waals surface area contributed by atoms with E-state index in [4.69, 9.17) is 0 Å². The lowest BCUT2D eigenvalue weighted by molar-refractivity contribution is -0.141. The highest BCUT2D eigenvalue weighted by Gasteiger charge is 2.32. The Kier molecular flexibility index (Phi) is 3.78.